The second-order valence-electron chi connectivity index (χ2n) is 3.15. The number of rotatable bonds is 0. The summed E-state index contributed by atoms with van der Waals surface area (Å²) in [4.78, 5) is 0. The van der Waals surface area contributed by atoms with Crippen molar-refractivity contribution in [1.29, 1.82) is 0 Å². The number of anilines is 1. The van der Waals surface area contributed by atoms with Crippen molar-refractivity contribution in [2.75, 3.05) is 3.95 Å². The van der Waals surface area contributed by atoms with Gasteiger partial charge in [-0.15, -0.1) is 0 Å². The third-order valence-corrected chi connectivity index (χ3v) is 3.98. The van der Waals surface area contributed by atoms with Gasteiger partial charge >= 0.3 is 91.6 Å². The normalized spacial score (nSPS) is 13.1. The van der Waals surface area contributed by atoms with Crippen molar-refractivity contribution < 1.29 is 18.2 Å². The van der Waals surface area contributed by atoms with Crippen LogP contribution < -0.4 is 7.99 Å². The summed E-state index contributed by atoms with van der Waals surface area (Å²) in [5.41, 5.74) is 3.98. The van der Waals surface area contributed by atoms with Crippen molar-refractivity contribution >= 4 is 9.72 Å². The van der Waals surface area contributed by atoms with Gasteiger partial charge in [-0.25, -0.2) is 0 Å². The van der Waals surface area contributed by atoms with E-state index >= 15 is 0 Å². The fraction of sp³-hybridized carbons (Fsp3) is 0. The van der Waals surface area contributed by atoms with Crippen molar-refractivity contribution in [1.82, 2.24) is 0 Å². The maximum atomic E-state index is 3.47. The van der Waals surface area contributed by atoms with Gasteiger partial charge < -0.3 is 0 Å². The van der Waals surface area contributed by atoms with Gasteiger partial charge in [0.1, 0.15) is 0 Å². The van der Waals surface area contributed by atoms with Crippen molar-refractivity contribution in [3.8, 4) is 11.1 Å². The molecule has 14 heavy (non-hydrogen) atoms. The Labute approximate surface area is 91.6 Å². The standard InChI is InChI=1S/C12H9N.Pd/c13-12-9-5-4-8-11(12)10-6-2-1-3-7-10;/h1-6,8-9,13H;/q-1;+1. The number of fused-ring (bicyclic) bond motifs is 3. The van der Waals surface area contributed by atoms with Gasteiger partial charge in [0.05, 0.1) is 0 Å². The second kappa shape index (κ2) is 3.24. The average molecular weight is 274 g/mol. The topological polar surface area (TPSA) is 12.0 Å². The molecule has 72 valence electrons. The first-order valence-corrected chi connectivity index (χ1v) is 6.03. The third kappa shape index (κ3) is 1.20. The minimum atomic E-state index is 0.491. The molecule has 2 aromatic rings. The number of hydrogen-bond acceptors (Lipinski definition) is 1. The van der Waals surface area contributed by atoms with Crippen LogP contribution in [0.15, 0.2) is 48.5 Å². The molecule has 2 heteroatoms. The first kappa shape index (κ1) is 8.23. The fourth-order valence-electron chi connectivity index (χ4n) is 1.60. The Morgan fingerprint density at radius 1 is 0.786 bits per heavy atom. The van der Waals surface area contributed by atoms with E-state index in [0.717, 1.165) is 0 Å². The molecule has 1 heterocycles. The molecule has 0 amide bonds. The van der Waals surface area contributed by atoms with Crippen LogP contribution in [0.5, 0.6) is 0 Å². The minimum absolute atomic E-state index is 0.491. The molecule has 0 atom stereocenters. The third-order valence-electron chi connectivity index (χ3n) is 2.27. The molecule has 1 nitrogen and oxygen atoms in total. The molecule has 0 unspecified atom stereocenters. The maximum absolute atomic E-state index is 3.47. The van der Waals surface area contributed by atoms with E-state index < -0.39 is 0 Å². The zero-order chi connectivity index (χ0) is 9.38. The molecule has 0 spiro atoms. The predicted molar refractivity (Wildman–Crippen MR) is 55.1 cm³/mol. The molecular weight excluding hydrogens is 265 g/mol. The molecule has 0 aliphatic carbocycles. The first-order chi connectivity index (χ1) is 6.95. The molecule has 1 N–H and O–H groups in total. The van der Waals surface area contributed by atoms with Crippen molar-refractivity contribution in [2.24, 2.45) is 0 Å². The van der Waals surface area contributed by atoms with Gasteiger partial charge in [-0.05, 0) is 0 Å². The van der Waals surface area contributed by atoms with E-state index in [1.54, 1.807) is 0 Å². The van der Waals surface area contributed by atoms with Crippen LogP contribution in [0.25, 0.3) is 11.1 Å². The van der Waals surface area contributed by atoms with Crippen LogP contribution in [0.2, 0.25) is 0 Å². The summed E-state index contributed by atoms with van der Waals surface area (Å²) in [6.07, 6.45) is 0. The molecular formula is C12H9NPd. The molecule has 0 bridgehead atoms. The number of para-hydroxylation sites is 1. The Bertz CT molecular complexity index is 434. The summed E-state index contributed by atoms with van der Waals surface area (Å²) < 4.78 is 4.90. The van der Waals surface area contributed by atoms with Crippen LogP contribution in [-0.4, -0.2) is 0 Å². The summed E-state index contributed by atoms with van der Waals surface area (Å²) in [5, 5.41) is 0. The van der Waals surface area contributed by atoms with Gasteiger partial charge in [-0.3, -0.25) is 0 Å². The van der Waals surface area contributed by atoms with Gasteiger partial charge in [-0.1, -0.05) is 0 Å². The summed E-state index contributed by atoms with van der Waals surface area (Å²) in [6.45, 7) is 0. The Hall–Kier alpha value is -1.10. The second-order valence-corrected chi connectivity index (χ2v) is 4.77. The van der Waals surface area contributed by atoms with Gasteiger partial charge in [0.15, 0.2) is 0 Å². The first-order valence-electron chi connectivity index (χ1n) is 4.47. The number of hydrogen-bond donors (Lipinski definition) is 1. The SMILES string of the molecule is c1ccc2c(c1)[NH][Pd][c]1ccccc1-2. The zero-order valence-electron chi connectivity index (χ0n) is 7.44. The molecule has 0 saturated carbocycles. The van der Waals surface area contributed by atoms with E-state index in [4.69, 9.17) is 0 Å². The molecule has 0 aromatic heterocycles. The van der Waals surface area contributed by atoms with Crippen LogP contribution in [0.3, 0.4) is 0 Å². The fourth-order valence-corrected chi connectivity index (χ4v) is 3.19. The number of nitrogens with one attached hydrogen (secondary N) is 1. The van der Waals surface area contributed by atoms with Crippen LogP contribution in [-0.2, 0) is 18.2 Å². The van der Waals surface area contributed by atoms with E-state index in [1.165, 1.54) is 20.9 Å². The van der Waals surface area contributed by atoms with E-state index in [2.05, 4.69) is 52.5 Å². The quantitative estimate of drug-likeness (QED) is 0.727. The van der Waals surface area contributed by atoms with Gasteiger partial charge in [-0.2, -0.15) is 0 Å². The van der Waals surface area contributed by atoms with Gasteiger partial charge in [0.25, 0.3) is 0 Å². The van der Waals surface area contributed by atoms with E-state index in [9.17, 15) is 0 Å². The van der Waals surface area contributed by atoms with Crippen molar-refractivity contribution in [3.63, 3.8) is 0 Å². The average Bonchev–Trinajstić information content (AvgIpc) is 2.29. The zero-order valence-corrected chi connectivity index (χ0v) is 8.99. The van der Waals surface area contributed by atoms with Crippen molar-refractivity contribution in [3.05, 3.63) is 48.5 Å². The summed E-state index contributed by atoms with van der Waals surface area (Å²) in [6, 6.07) is 17.1. The molecule has 0 saturated heterocycles. The monoisotopic (exact) mass is 273 g/mol. The van der Waals surface area contributed by atoms with Crippen LogP contribution >= 0.6 is 0 Å². The summed E-state index contributed by atoms with van der Waals surface area (Å²) in [7, 11) is 0. The molecule has 1 aliphatic rings. The van der Waals surface area contributed by atoms with E-state index in [1.807, 2.05) is 0 Å². The van der Waals surface area contributed by atoms with Crippen molar-refractivity contribution in [2.45, 2.75) is 0 Å². The van der Waals surface area contributed by atoms with Gasteiger partial charge in [0, 0.05) is 0 Å². The molecule has 2 aromatic carbocycles. The Morgan fingerprint density at radius 3 is 2.43 bits per heavy atom. The number of benzene rings is 2. The van der Waals surface area contributed by atoms with Crippen LogP contribution in [0.1, 0.15) is 0 Å². The molecule has 3 rings (SSSR count). The van der Waals surface area contributed by atoms with E-state index in [0.29, 0.717) is 18.2 Å². The van der Waals surface area contributed by atoms with Crippen LogP contribution in [0, 0.1) is 0 Å². The molecule has 0 fully saturated rings. The Morgan fingerprint density at radius 2 is 1.50 bits per heavy atom. The predicted octanol–water partition coefficient (Wildman–Crippen LogP) is 2.40. The van der Waals surface area contributed by atoms with Gasteiger partial charge in [0.2, 0.25) is 0 Å². The summed E-state index contributed by atoms with van der Waals surface area (Å²) >= 11 is 0.491. The molecule has 0 radical (unpaired) electrons. The van der Waals surface area contributed by atoms with E-state index in [-0.39, 0.29) is 0 Å². The van der Waals surface area contributed by atoms with Crippen LogP contribution in [0.4, 0.5) is 5.69 Å². The Kier molecular flexibility index (Phi) is 1.90. The Balaban J connectivity index is 2.29. The molecule has 1 aliphatic heterocycles. The summed E-state index contributed by atoms with van der Waals surface area (Å²) in [5.74, 6) is 0.